The van der Waals surface area contributed by atoms with Gasteiger partial charge in [-0.1, -0.05) is 0 Å². The lowest BCUT2D eigenvalue weighted by Gasteiger charge is -2.13. The lowest BCUT2D eigenvalue weighted by molar-refractivity contribution is -0.126. The molecular weight excluding hydrogens is 222 g/mol. The molecule has 1 rings (SSSR count). The second-order valence-corrected chi connectivity index (χ2v) is 3.25. The molecule has 6 heteroatoms. The molecule has 0 aliphatic carbocycles. The topological polar surface area (TPSA) is 105 Å². The summed E-state index contributed by atoms with van der Waals surface area (Å²) in [5.41, 5.74) is 5.29. The highest BCUT2D eigenvalue weighted by atomic mass is 16.5. The number of benzene rings is 1. The Balaban J connectivity index is 2.61. The van der Waals surface area contributed by atoms with Crippen molar-refractivity contribution in [2.45, 2.75) is 13.0 Å². The van der Waals surface area contributed by atoms with Crippen LogP contribution in [0.3, 0.4) is 0 Å². The maximum absolute atomic E-state index is 11.3. The van der Waals surface area contributed by atoms with Crippen molar-refractivity contribution in [2.24, 2.45) is 5.73 Å². The van der Waals surface area contributed by atoms with Gasteiger partial charge in [0.2, 0.25) is 0 Å². The van der Waals surface area contributed by atoms with E-state index >= 15 is 0 Å². The van der Waals surface area contributed by atoms with Crippen LogP contribution in [0, 0.1) is 11.3 Å². The van der Waals surface area contributed by atoms with E-state index in [1.54, 1.807) is 24.3 Å². The summed E-state index contributed by atoms with van der Waals surface area (Å²) in [6.45, 7) is 1.48. The third-order valence-electron chi connectivity index (χ3n) is 1.91. The smallest absolute Gasteiger partial charge is 0.318 e. The fourth-order valence-electron chi connectivity index (χ4n) is 1.09. The van der Waals surface area contributed by atoms with Gasteiger partial charge >= 0.3 is 6.03 Å². The van der Waals surface area contributed by atoms with Gasteiger partial charge in [0.1, 0.15) is 5.75 Å². The van der Waals surface area contributed by atoms with Crippen LogP contribution in [-0.4, -0.2) is 18.0 Å². The fraction of sp³-hybridized carbons (Fsp3) is 0.182. The van der Waals surface area contributed by atoms with Crippen LogP contribution in [0.25, 0.3) is 0 Å². The van der Waals surface area contributed by atoms with E-state index in [0.29, 0.717) is 11.3 Å². The van der Waals surface area contributed by atoms with Crippen molar-refractivity contribution in [1.82, 2.24) is 5.32 Å². The molecule has 3 amide bonds. The minimum absolute atomic E-state index is 0.427. The van der Waals surface area contributed by atoms with Gasteiger partial charge in [0.25, 0.3) is 5.91 Å². The molecule has 0 fully saturated rings. The highest BCUT2D eigenvalue weighted by Gasteiger charge is 2.15. The van der Waals surface area contributed by atoms with E-state index in [4.69, 9.17) is 15.7 Å². The second kappa shape index (κ2) is 5.51. The largest absolute Gasteiger partial charge is 0.481 e. The van der Waals surface area contributed by atoms with Crippen LogP contribution in [0.2, 0.25) is 0 Å². The molecule has 3 N–H and O–H groups in total. The number of imide groups is 1. The number of hydrogen-bond acceptors (Lipinski definition) is 4. The van der Waals surface area contributed by atoms with Gasteiger partial charge in [-0.3, -0.25) is 10.1 Å². The van der Waals surface area contributed by atoms with Crippen molar-refractivity contribution in [3.63, 3.8) is 0 Å². The van der Waals surface area contributed by atoms with Gasteiger partial charge < -0.3 is 10.5 Å². The van der Waals surface area contributed by atoms with Gasteiger partial charge in [0, 0.05) is 0 Å². The Morgan fingerprint density at radius 2 is 2.00 bits per heavy atom. The number of nitrogens with zero attached hydrogens (tertiary/aromatic N) is 1. The molecule has 0 saturated heterocycles. The quantitative estimate of drug-likeness (QED) is 0.793. The van der Waals surface area contributed by atoms with Crippen LogP contribution in [0.5, 0.6) is 5.75 Å². The molecule has 0 bridgehead atoms. The van der Waals surface area contributed by atoms with E-state index in [0.717, 1.165) is 0 Å². The van der Waals surface area contributed by atoms with Gasteiger partial charge in [-0.05, 0) is 31.2 Å². The Labute approximate surface area is 98.0 Å². The van der Waals surface area contributed by atoms with Crippen molar-refractivity contribution in [2.75, 3.05) is 0 Å². The summed E-state index contributed by atoms with van der Waals surface area (Å²) >= 11 is 0. The normalized spacial score (nSPS) is 11.1. The molecular formula is C11H11N3O3. The number of rotatable bonds is 3. The average molecular weight is 233 g/mol. The van der Waals surface area contributed by atoms with E-state index < -0.39 is 18.0 Å². The lowest BCUT2D eigenvalue weighted by Crippen LogP contribution is -2.42. The number of ether oxygens (including phenoxy) is 1. The Kier molecular flexibility index (Phi) is 4.06. The molecule has 1 atom stereocenters. The number of hydrogen-bond donors (Lipinski definition) is 2. The zero-order valence-corrected chi connectivity index (χ0v) is 9.14. The third-order valence-corrected chi connectivity index (χ3v) is 1.91. The minimum Gasteiger partial charge on any atom is -0.481 e. The summed E-state index contributed by atoms with van der Waals surface area (Å²) in [6.07, 6.45) is -0.851. The lowest BCUT2D eigenvalue weighted by atomic mass is 10.2. The van der Waals surface area contributed by atoms with Crippen molar-refractivity contribution in [3.05, 3.63) is 29.8 Å². The number of nitrogens with two attached hydrogens (primary N) is 1. The molecule has 0 radical (unpaired) electrons. The Hall–Kier alpha value is -2.55. The fourth-order valence-corrected chi connectivity index (χ4v) is 1.09. The first-order valence-electron chi connectivity index (χ1n) is 4.80. The van der Waals surface area contributed by atoms with Crippen LogP contribution in [0.4, 0.5) is 4.79 Å². The van der Waals surface area contributed by atoms with Gasteiger partial charge in [0.05, 0.1) is 11.6 Å². The number of primary amides is 1. The first-order valence-corrected chi connectivity index (χ1v) is 4.80. The van der Waals surface area contributed by atoms with Crippen LogP contribution in [0.1, 0.15) is 12.5 Å². The molecule has 6 nitrogen and oxygen atoms in total. The molecule has 0 aliphatic heterocycles. The molecule has 0 heterocycles. The number of amides is 3. The molecule has 0 aliphatic rings. The zero-order valence-electron chi connectivity index (χ0n) is 9.14. The minimum atomic E-state index is -0.926. The maximum atomic E-state index is 11.3. The molecule has 17 heavy (non-hydrogen) atoms. The van der Waals surface area contributed by atoms with Gasteiger partial charge in [0.15, 0.2) is 6.10 Å². The van der Waals surface area contributed by atoms with Crippen molar-refractivity contribution < 1.29 is 14.3 Å². The Morgan fingerprint density at radius 1 is 1.41 bits per heavy atom. The van der Waals surface area contributed by atoms with Crippen molar-refractivity contribution in [3.8, 4) is 11.8 Å². The number of nitriles is 1. The standard InChI is InChI=1S/C11H11N3O3/c1-7(10(15)14-11(13)16)17-9-4-2-8(6-12)3-5-9/h2-5,7H,1H3,(H3,13,14,15,16). The third kappa shape index (κ3) is 3.83. The molecule has 0 aromatic heterocycles. The molecule has 1 aromatic rings. The highest BCUT2D eigenvalue weighted by molar-refractivity contribution is 5.95. The summed E-state index contributed by atoms with van der Waals surface area (Å²) in [5, 5.41) is 10.5. The van der Waals surface area contributed by atoms with E-state index in [1.165, 1.54) is 6.92 Å². The number of carbonyl (C=O) groups excluding carboxylic acids is 2. The molecule has 0 saturated carbocycles. The van der Waals surface area contributed by atoms with Crippen molar-refractivity contribution >= 4 is 11.9 Å². The summed E-state index contributed by atoms with van der Waals surface area (Å²) < 4.78 is 5.25. The van der Waals surface area contributed by atoms with E-state index in [9.17, 15) is 9.59 Å². The zero-order chi connectivity index (χ0) is 12.8. The summed E-state index contributed by atoms with van der Waals surface area (Å²) in [4.78, 5) is 21.7. The van der Waals surface area contributed by atoms with Gasteiger partial charge in [-0.2, -0.15) is 5.26 Å². The SMILES string of the molecule is CC(Oc1ccc(C#N)cc1)C(=O)NC(N)=O. The highest BCUT2D eigenvalue weighted by Crippen LogP contribution is 2.13. The first-order chi connectivity index (χ1) is 8.02. The number of urea groups is 1. The monoisotopic (exact) mass is 233 g/mol. The van der Waals surface area contributed by atoms with E-state index in [2.05, 4.69) is 0 Å². The van der Waals surface area contributed by atoms with E-state index in [-0.39, 0.29) is 0 Å². The van der Waals surface area contributed by atoms with Crippen LogP contribution < -0.4 is 15.8 Å². The predicted octanol–water partition coefficient (Wildman–Crippen LogP) is 0.520. The summed E-state index contributed by atoms with van der Waals surface area (Å²) in [5.74, 6) is -0.196. The number of carbonyl (C=O) groups is 2. The maximum Gasteiger partial charge on any atom is 0.318 e. The van der Waals surface area contributed by atoms with Crippen molar-refractivity contribution in [1.29, 1.82) is 5.26 Å². The summed E-state index contributed by atoms with van der Waals surface area (Å²) in [6, 6.07) is 7.29. The van der Waals surface area contributed by atoms with Crippen LogP contribution >= 0.6 is 0 Å². The van der Waals surface area contributed by atoms with Crippen LogP contribution in [-0.2, 0) is 4.79 Å². The molecule has 88 valence electrons. The Morgan fingerprint density at radius 3 is 2.47 bits per heavy atom. The molecule has 0 spiro atoms. The van der Waals surface area contributed by atoms with E-state index in [1.807, 2.05) is 11.4 Å². The van der Waals surface area contributed by atoms with Gasteiger partial charge in [-0.15, -0.1) is 0 Å². The molecule has 1 aromatic carbocycles. The molecule has 1 unspecified atom stereocenters. The number of nitrogens with one attached hydrogen (secondary N) is 1. The predicted molar refractivity (Wildman–Crippen MR) is 59.0 cm³/mol. The second-order valence-electron chi connectivity index (χ2n) is 3.25. The first kappa shape index (κ1) is 12.5. The average Bonchev–Trinajstić information content (AvgIpc) is 2.29. The summed E-state index contributed by atoms with van der Waals surface area (Å²) in [7, 11) is 0. The van der Waals surface area contributed by atoms with Gasteiger partial charge in [-0.25, -0.2) is 4.79 Å². The Bertz CT molecular complexity index is 462. The van der Waals surface area contributed by atoms with Crippen LogP contribution in [0.15, 0.2) is 24.3 Å².